The zero-order valence-corrected chi connectivity index (χ0v) is 14.1. The molecule has 0 N–H and O–H groups in total. The van der Waals surface area contributed by atoms with Crippen LogP contribution in [0.5, 0.6) is 0 Å². The standard InChI is InChI=1S/C18H21O4P/c1-21-18(19)15-23(20,13-12-16-8-4-2-5-9-16)22-14-17-10-6-3-7-11-17/h2-11H,12-15H2,1H3. The first kappa shape index (κ1) is 17.5. The van der Waals surface area contributed by atoms with Crippen molar-refractivity contribution in [3.05, 3.63) is 71.8 Å². The smallest absolute Gasteiger partial charge is 0.315 e. The molecule has 0 aliphatic carbocycles. The van der Waals surface area contributed by atoms with Gasteiger partial charge in [-0.3, -0.25) is 9.36 Å². The molecule has 2 aromatic carbocycles. The van der Waals surface area contributed by atoms with Crippen LogP contribution in [0.15, 0.2) is 60.7 Å². The lowest BCUT2D eigenvalue weighted by atomic mass is 10.2. The Morgan fingerprint density at radius 2 is 1.52 bits per heavy atom. The summed E-state index contributed by atoms with van der Waals surface area (Å²) in [5.41, 5.74) is 2.00. The highest BCUT2D eigenvalue weighted by molar-refractivity contribution is 7.59. The minimum absolute atomic E-state index is 0.191. The van der Waals surface area contributed by atoms with Gasteiger partial charge in [-0.2, -0.15) is 0 Å². The maximum atomic E-state index is 13.0. The molecule has 4 nitrogen and oxygen atoms in total. The molecular weight excluding hydrogens is 311 g/mol. The molecule has 0 aliphatic rings. The van der Waals surface area contributed by atoms with E-state index in [9.17, 15) is 9.36 Å². The number of hydrogen-bond acceptors (Lipinski definition) is 4. The van der Waals surface area contributed by atoms with Crippen molar-refractivity contribution in [3.8, 4) is 0 Å². The third-order valence-corrected chi connectivity index (χ3v) is 5.74. The second-order valence-corrected chi connectivity index (χ2v) is 7.92. The first-order chi connectivity index (χ1) is 11.1. The minimum Gasteiger partial charge on any atom is -0.469 e. The van der Waals surface area contributed by atoms with Gasteiger partial charge in [-0.1, -0.05) is 60.7 Å². The molecule has 0 saturated heterocycles. The van der Waals surface area contributed by atoms with Crippen molar-refractivity contribution < 1.29 is 18.6 Å². The van der Waals surface area contributed by atoms with Crippen LogP contribution in [0.1, 0.15) is 11.1 Å². The number of aryl methyl sites for hydroxylation is 1. The fraction of sp³-hybridized carbons (Fsp3) is 0.278. The summed E-state index contributed by atoms with van der Waals surface area (Å²) in [6.45, 7) is 0.226. The summed E-state index contributed by atoms with van der Waals surface area (Å²) in [7, 11) is -1.80. The molecule has 0 aromatic heterocycles. The van der Waals surface area contributed by atoms with Crippen molar-refractivity contribution in [2.45, 2.75) is 13.0 Å². The van der Waals surface area contributed by atoms with Crippen molar-refractivity contribution in [1.82, 2.24) is 0 Å². The molecule has 0 amide bonds. The normalized spacial score (nSPS) is 13.3. The van der Waals surface area contributed by atoms with E-state index in [1.54, 1.807) is 0 Å². The van der Waals surface area contributed by atoms with Gasteiger partial charge in [0, 0.05) is 6.16 Å². The van der Waals surface area contributed by atoms with Crippen molar-refractivity contribution >= 4 is 13.3 Å². The van der Waals surface area contributed by atoms with Crippen LogP contribution < -0.4 is 0 Å². The van der Waals surface area contributed by atoms with Crippen molar-refractivity contribution in [3.63, 3.8) is 0 Å². The number of hydrogen-bond donors (Lipinski definition) is 0. The average molecular weight is 332 g/mol. The highest BCUT2D eigenvalue weighted by Gasteiger charge is 2.27. The van der Waals surface area contributed by atoms with Gasteiger partial charge in [0.2, 0.25) is 7.37 Å². The molecule has 2 aromatic rings. The lowest BCUT2D eigenvalue weighted by Crippen LogP contribution is -2.12. The number of benzene rings is 2. The fourth-order valence-corrected chi connectivity index (χ4v) is 4.05. The largest absolute Gasteiger partial charge is 0.469 e. The number of rotatable bonds is 8. The Hall–Kier alpha value is -1.90. The van der Waals surface area contributed by atoms with Crippen LogP contribution in [-0.4, -0.2) is 25.4 Å². The van der Waals surface area contributed by atoms with Crippen molar-refractivity contribution in [2.75, 3.05) is 19.4 Å². The van der Waals surface area contributed by atoms with Crippen LogP contribution in [0.2, 0.25) is 0 Å². The zero-order chi connectivity index (χ0) is 16.5. The molecule has 0 bridgehead atoms. The van der Waals surface area contributed by atoms with Crippen LogP contribution in [0.3, 0.4) is 0 Å². The molecule has 2 rings (SSSR count). The van der Waals surface area contributed by atoms with Crippen LogP contribution in [0.4, 0.5) is 0 Å². The predicted octanol–water partition coefficient (Wildman–Crippen LogP) is 3.90. The summed E-state index contributed by atoms with van der Waals surface area (Å²) in [6, 6.07) is 19.3. The van der Waals surface area contributed by atoms with E-state index in [0.717, 1.165) is 11.1 Å². The van der Waals surface area contributed by atoms with E-state index in [2.05, 4.69) is 4.74 Å². The van der Waals surface area contributed by atoms with Gasteiger partial charge in [0.25, 0.3) is 0 Å². The van der Waals surface area contributed by atoms with Crippen molar-refractivity contribution in [2.24, 2.45) is 0 Å². The van der Waals surface area contributed by atoms with Gasteiger partial charge in [-0.25, -0.2) is 0 Å². The van der Waals surface area contributed by atoms with E-state index in [1.807, 2.05) is 60.7 Å². The minimum atomic E-state index is -3.10. The highest BCUT2D eigenvalue weighted by Crippen LogP contribution is 2.48. The SMILES string of the molecule is COC(=O)CP(=O)(CCc1ccccc1)OCc1ccccc1. The molecule has 0 saturated carbocycles. The van der Waals surface area contributed by atoms with Crippen LogP contribution in [0.25, 0.3) is 0 Å². The van der Waals surface area contributed by atoms with Crippen molar-refractivity contribution in [1.29, 1.82) is 0 Å². The number of carbonyl (C=O) groups is 1. The Bertz CT molecular complexity index is 608. The molecule has 0 fully saturated rings. The van der Waals surface area contributed by atoms with E-state index in [1.165, 1.54) is 7.11 Å². The molecular formula is C18H21O4P. The quantitative estimate of drug-likeness (QED) is 0.543. The molecule has 1 atom stereocenters. The first-order valence-electron chi connectivity index (χ1n) is 7.48. The summed E-state index contributed by atoms with van der Waals surface area (Å²) < 4.78 is 23.3. The molecule has 23 heavy (non-hydrogen) atoms. The van der Waals surface area contributed by atoms with Gasteiger partial charge in [0.05, 0.1) is 13.7 Å². The molecule has 0 spiro atoms. The monoisotopic (exact) mass is 332 g/mol. The zero-order valence-electron chi connectivity index (χ0n) is 13.2. The molecule has 0 aliphatic heterocycles. The van der Waals surface area contributed by atoms with Gasteiger partial charge < -0.3 is 9.26 Å². The van der Waals surface area contributed by atoms with E-state index < -0.39 is 13.3 Å². The molecule has 0 heterocycles. The van der Waals surface area contributed by atoms with E-state index in [0.29, 0.717) is 12.6 Å². The number of methoxy groups -OCH3 is 1. The third kappa shape index (κ3) is 6.01. The highest BCUT2D eigenvalue weighted by atomic mass is 31.2. The van der Waals surface area contributed by atoms with E-state index in [-0.39, 0.29) is 12.8 Å². The van der Waals surface area contributed by atoms with Crippen LogP contribution >= 0.6 is 7.37 Å². The lowest BCUT2D eigenvalue weighted by Gasteiger charge is -2.18. The molecule has 1 unspecified atom stereocenters. The maximum absolute atomic E-state index is 13.0. The second kappa shape index (κ2) is 8.66. The second-order valence-electron chi connectivity index (χ2n) is 5.27. The third-order valence-electron chi connectivity index (χ3n) is 3.49. The van der Waals surface area contributed by atoms with Gasteiger partial charge in [-0.15, -0.1) is 0 Å². The molecule has 5 heteroatoms. The lowest BCUT2D eigenvalue weighted by molar-refractivity contribution is -0.137. The maximum Gasteiger partial charge on any atom is 0.315 e. The summed E-state index contributed by atoms with van der Waals surface area (Å²) in [4.78, 5) is 11.6. The summed E-state index contributed by atoms with van der Waals surface area (Å²) in [6.07, 6.45) is 0.728. The first-order valence-corrected chi connectivity index (χ1v) is 9.48. The topological polar surface area (TPSA) is 52.6 Å². The van der Waals surface area contributed by atoms with Gasteiger partial charge in [0.15, 0.2) is 0 Å². The Morgan fingerprint density at radius 1 is 0.957 bits per heavy atom. The Morgan fingerprint density at radius 3 is 2.09 bits per heavy atom. The summed E-state index contributed by atoms with van der Waals surface area (Å²) in [5, 5.41) is 0. The predicted molar refractivity (Wildman–Crippen MR) is 90.7 cm³/mol. The number of carbonyl (C=O) groups excluding carboxylic acids is 1. The van der Waals surface area contributed by atoms with E-state index >= 15 is 0 Å². The average Bonchev–Trinajstić information content (AvgIpc) is 2.60. The van der Waals surface area contributed by atoms with Crippen LogP contribution in [-0.2, 0) is 31.6 Å². The Kier molecular flexibility index (Phi) is 6.57. The molecule has 0 radical (unpaired) electrons. The Labute approximate surface area is 136 Å². The van der Waals surface area contributed by atoms with Gasteiger partial charge in [-0.05, 0) is 17.5 Å². The van der Waals surface area contributed by atoms with Gasteiger partial charge in [0.1, 0.15) is 6.16 Å². The summed E-state index contributed by atoms with van der Waals surface area (Å²) >= 11 is 0. The van der Waals surface area contributed by atoms with Gasteiger partial charge >= 0.3 is 5.97 Å². The van der Waals surface area contributed by atoms with Crippen LogP contribution in [0, 0.1) is 0 Å². The van der Waals surface area contributed by atoms with E-state index in [4.69, 9.17) is 4.52 Å². The fourth-order valence-electron chi connectivity index (χ4n) is 2.16. The number of ether oxygens (including phenoxy) is 1. The molecule has 122 valence electrons. The Balaban J connectivity index is 2.02. The number of esters is 1. The summed E-state index contributed by atoms with van der Waals surface area (Å²) in [5.74, 6) is -0.505.